The van der Waals surface area contributed by atoms with Crippen LogP contribution < -0.4 is 0 Å². The lowest BCUT2D eigenvalue weighted by molar-refractivity contribution is 0.00342. The van der Waals surface area contributed by atoms with E-state index in [2.05, 4.69) is 63.4 Å². The molecule has 0 saturated carbocycles. The maximum absolute atomic E-state index is 12.6. The number of nitrogens with zero attached hydrogens (tertiary/aromatic N) is 2. The second-order valence-electron chi connectivity index (χ2n) is 9.75. The summed E-state index contributed by atoms with van der Waals surface area (Å²) in [6, 6.07) is 18.7. The highest BCUT2D eigenvalue weighted by Gasteiger charge is 2.38. The molecule has 1 aliphatic rings. The van der Waals surface area contributed by atoms with Gasteiger partial charge in [-0.25, -0.2) is 4.79 Å². The van der Waals surface area contributed by atoms with Crippen LogP contribution in [0.3, 0.4) is 0 Å². The molecule has 2 heterocycles. The van der Waals surface area contributed by atoms with E-state index in [0.29, 0.717) is 26.3 Å². The van der Waals surface area contributed by atoms with Crippen LogP contribution in [0.5, 0.6) is 0 Å². The summed E-state index contributed by atoms with van der Waals surface area (Å²) in [5.41, 5.74) is 2.65. The number of rotatable bonds is 5. The van der Waals surface area contributed by atoms with Gasteiger partial charge in [-0.2, -0.15) is 0 Å². The average molecular weight is 511 g/mol. The quantitative estimate of drug-likeness (QED) is 0.393. The van der Waals surface area contributed by atoms with Crippen LogP contribution in [-0.2, 0) is 21.5 Å². The number of fused-ring (bicyclic) bond motifs is 1. The third-order valence-electron chi connectivity index (χ3n) is 6.14. The van der Waals surface area contributed by atoms with Gasteiger partial charge in [0.15, 0.2) is 0 Å². The highest BCUT2D eigenvalue weighted by atomic mass is 79.9. The zero-order valence-corrected chi connectivity index (χ0v) is 21.1. The first-order valence-corrected chi connectivity index (χ1v) is 12.2. The maximum atomic E-state index is 12.6. The number of halogens is 1. The minimum absolute atomic E-state index is 0.144. The molecular weight excluding hydrogens is 480 g/mol. The molecule has 0 N–H and O–H groups in total. The number of carbonyl (C=O) groups is 1. The van der Waals surface area contributed by atoms with Crippen molar-refractivity contribution in [1.82, 2.24) is 9.88 Å². The minimum atomic E-state index is -0.491. The summed E-state index contributed by atoms with van der Waals surface area (Å²) in [4.78, 5) is 19.0. The number of piperidine rings is 1. The van der Waals surface area contributed by atoms with Gasteiger partial charge >= 0.3 is 6.09 Å². The van der Waals surface area contributed by atoms with Gasteiger partial charge in [-0.15, -0.1) is 0 Å². The summed E-state index contributed by atoms with van der Waals surface area (Å²) in [5.74, 6) is 0. The van der Waals surface area contributed by atoms with Crippen molar-refractivity contribution in [3.63, 3.8) is 0 Å². The molecule has 3 aromatic rings. The highest BCUT2D eigenvalue weighted by molar-refractivity contribution is 9.10. The molecule has 4 rings (SSSR count). The molecule has 6 heteroatoms. The van der Waals surface area contributed by atoms with E-state index >= 15 is 0 Å². The minimum Gasteiger partial charge on any atom is -0.444 e. The topological polar surface area (TPSA) is 51.7 Å². The molecule has 0 bridgehead atoms. The standard InChI is InChI=1S/C27H31BrN2O3/c1-26(2,3)33-25(31)30-14-11-27(12-15-30,22-9-5-4-6-10-22)19-32-18-21-17-23(28)16-20-8-7-13-29-24(20)21/h4-10,13,16-17H,11-12,14-15,18-19H2,1-3H3. The molecule has 1 amide bonds. The smallest absolute Gasteiger partial charge is 0.410 e. The molecule has 33 heavy (non-hydrogen) atoms. The van der Waals surface area contributed by atoms with Crippen LogP contribution in [0.1, 0.15) is 44.7 Å². The monoisotopic (exact) mass is 510 g/mol. The molecule has 174 valence electrons. The Morgan fingerprint density at radius 3 is 2.52 bits per heavy atom. The predicted octanol–water partition coefficient (Wildman–Crippen LogP) is 6.48. The van der Waals surface area contributed by atoms with Crippen molar-refractivity contribution >= 4 is 32.9 Å². The van der Waals surface area contributed by atoms with E-state index in [-0.39, 0.29) is 11.5 Å². The van der Waals surface area contributed by atoms with Gasteiger partial charge in [0.25, 0.3) is 0 Å². The summed E-state index contributed by atoms with van der Waals surface area (Å²) in [5, 5.41) is 1.09. The largest absolute Gasteiger partial charge is 0.444 e. The molecule has 0 spiro atoms. The number of hydrogen-bond acceptors (Lipinski definition) is 4. The van der Waals surface area contributed by atoms with Crippen LogP contribution in [0, 0.1) is 0 Å². The summed E-state index contributed by atoms with van der Waals surface area (Å²) in [6.45, 7) is 8.06. The SMILES string of the molecule is CC(C)(C)OC(=O)N1CCC(COCc2cc(Br)cc3cccnc23)(c2ccccc2)CC1. The highest BCUT2D eigenvalue weighted by Crippen LogP contribution is 2.37. The molecular formula is C27H31BrN2O3. The van der Waals surface area contributed by atoms with Gasteiger partial charge in [0.2, 0.25) is 0 Å². The third-order valence-corrected chi connectivity index (χ3v) is 6.60. The molecule has 2 aromatic carbocycles. The lowest BCUT2D eigenvalue weighted by Gasteiger charge is -2.42. The van der Waals surface area contributed by atoms with Crippen LogP contribution >= 0.6 is 15.9 Å². The van der Waals surface area contributed by atoms with E-state index in [4.69, 9.17) is 9.47 Å². The number of ether oxygens (including phenoxy) is 2. The van der Waals surface area contributed by atoms with Crippen molar-refractivity contribution in [2.75, 3.05) is 19.7 Å². The summed E-state index contributed by atoms with van der Waals surface area (Å²) in [7, 11) is 0. The van der Waals surface area contributed by atoms with E-state index < -0.39 is 5.60 Å². The lowest BCUT2D eigenvalue weighted by Crippen LogP contribution is -2.48. The number of amides is 1. The van der Waals surface area contributed by atoms with Crippen molar-refractivity contribution in [3.05, 3.63) is 76.4 Å². The second kappa shape index (κ2) is 9.82. The molecule has 5 nitrogen and oxygen atoms in total. The Hall–Kier alpha value is -2.44. The van der Waals surface area contributed by atoms with Gasteiger partial charge in [0.1, 0.15) is 5.60 Å². The molecule has 1 aromatic heterocycles. The van der Waals surface area contributed by atoms with Crippen molar-refractivity contribution in [1.29, 1.82) is 0 Å². The Kier molecular flexibility index (Phi) is 7.05. The molecule has 1 fully saturated rings. The third kappa shape index (κ3) is 5.74. The lowest BCUT2D eigenvalue weighted by atomic mass is 9.73. The number of hydrogen-bond donors (Lipinski definition) is 0. The molecule has 0 aliphatic carbocycles. The first kappa shape index (κ1) is 23.7. The maximum Gasteiger partial charge on any atom is 0.410 e. The molecule has 1 aliphatic heterocycles. The van der Waals surface area contributed by atoms with Crippen molar-refractivity contribution in [2.45, 2.75) is 51.2 Å². The zero-order valence-electron chi connectivity index (χ0n) is 19.5. The second-order valence-corrected chi connectivity index (χ2v) is 10.7. The fourth-order valence-electron chi connectivity index (χ4n) is 4.45. The van der Waals surface area contributed by atoms with Gasteiger partial charge in [-0.1, -0.05) is 52.3 Å². The van der Waals surface area contributed by atoms with E-state index in [1.165, 1.54) is 5.56 Å². The Labute approximate surface area is 204 Å². The summed E-state index contributed by atoms with van der Waals surface area (Å²) >= 11 is 3.61. The Morgan fingerprint density at radius 1 is 1.09 bits per heavy atom. The summed E-state index contributed by atoms with van der Waals surface area (Å²) < 4.78 is 13.0. The summed E-state index contributed by atoms with van der Waals surface area (Å²) in [6.07, 6.45) is 3.23. The first-order valence-electron chi connectivity index (χ1n) is 11.4. The van der Waals surface area contributed by atoms with E-state index in [0.717, 1.165) is 33.8 Å². The number of benzene rings is 2. The molecule has 1 saturated heterocycles. The van der Waals surface area contributed by atoms with Crippen molar-refractivity contribution < 1.29 is 14.3 Å². The van der Waals surface area contributed by atoms with E-state index in [9.17, 15) is 4.79 Å². The van der Waals surface area contributed by atoms with Crippen LogP contribution in [0.4, 0.5) is 4.79 Å². The zero-order chi connectivity index (χ0) is 23.5. The van der Waals surface area contributed by atoms with Crippen LogP contribution in [0.15, 0.2) is 65.3 Å². The van der Waals surface area contributed by atoms with Gasteiger partial charge in [-0.05, 0) is 57.4 Å². The fourth-order valence-corrected chi connectivity index (χ4v) is 4.97. The number of pyridine rings is 1. The van der Waals surface area contributed by atoms with Crippen molar-refractivity contribution in [2.24, 2.45) is 0 Å². The molecule has 0 radical (unpaired) electrons. The van der Waals surface area contributed by atoms with Crippen LogP contribution in [-0.4, -0.2) is 41.3 Å². The Morgan fingerprint density at radius 2 is 1.82 bits per heavy atom. The predicted molar refractivity (Wildman–Crippen MR) is 134 cm³/mol. The fraction of sp³-hybridized carbons (Fsp3) is 0.407. The number of carbonyl (C=O) groups excluding carboxylic acids is 1. The molecule has 0 unspecified atom stereocenters. The van der Waals surface area contributed by atoms with Gasteiger partial charge in [0, 0.05) is 40.1 Å². The van der Waals surface area contributed by atoms with E-state index in [1.807, 2.05) is 44.0 Å². The van der Waals surface area contributed by atoms with Gasteiger partial charge < -0.3 is 14.4 Å². The van der Waals surface area contributed by atoms with Crippen molar-refractivity contribution in [3.8, 4) is 0 Å². The van der Waals surface area contributed by atoms with Crippen LogP contribution in [0.2, 0.25) is 0 Å². The normalized spacial score (nSPS) is 16.1. The van der Waals surface area contributed by atoms with Crippen LogP contribution in [0.25, 0.3) is 10.9 Å². The Bertz CT molecular complexity index is 1100. The van der Waals surface area contributed by atoms with Gasteiger partial charge in [-0.3, -0.25) is 4.98 Å². The molecule has 0 atom stereocenters. The number of likely N-dealkylation sites (tertiary alicyclic amines) is 1. The number of aromatic nitrogens is 1. The first-order chi connectivity index (χ1) is 15.8. The van der Waals surface area contributed by atoms with E-state index in [1.54, 1.807) is 0 Å². The Balaban J connectivity index is 1.49. The average Bonchev–Trinajstić information content (AvgIpc) is 2.79. The van der Waals surface area contributed by atoms with Gasteiger partial charge in [0.05, 0.1) is 18.7 Å².